The van der Waals surface area contributed by atoms with E-state index in [-0.39, 0.29) is 17.1 Å². The van der Waals surface area contributed by atoms with E-state index in [0.717, 1.165) is 43.6 Å². The second-order valence-electron chi connectivity index (χ2n) is 8.29. The van der Waals surface area contributed by atoms with Crippen molar-refractivity contribution in [1.29, 1.82) is 0 Å². The van der Waals surface area contributed by atoms with Crippen molar-refractivity contribution in [3.63, 3.8) is 0 Å². The lowest BCUT2D eigenvalue weighted by Crippen LogP contribution is -2.45. The Labute approximate surface area is 195 Å². The molecule has 1 spiro atoms. The molecule has 1 amide bonds. The predicted molar refractivity (Wildman–Crippen MR) is 132 cm³/mol. The van der Waals surface area contributed by atoms with Crippen molar-refractivity contribution in [1.82, 2.24) is 9.88 Å². The summed E-state index contributed by atoms with van der Waals surface area (Å²) in [5.41, 5.74) is 2.23. The summed E-state index contributed by atoms with van der Waals surface area (Å²) < 4.78 is 14.1. The normalized spacial score (nSPS) is 16.8. The molecule has 2 aliphatic rings. The fourth-order valence-electron chi connectivity index (χ4n) is 4.25. The standard InChI is InChI=1S/C22H24FN3OS.C4H8/c1-3-13-28-20-17(5-4-10-24-20)21(27)26-15-22(8-11-25(2)12-9-22)18-14-16(23)6-7-19(18)26;1-3-4-2/h3-7,10,14H,1,8-9,11-13,15H2,2H3;3H,1,4H2,2H3. The van der Waals surface area contributed by atoms with E-state index in [1.807, 2.05) is 17.0 Å². The molecule has 2 aromatic rings. The number of likely N-dealkylation sites (tertiary alicyclic amines) is 1. The maximum atomic E-state index is 14.1. The van der Waals surface area contributed by atoms with Crippen molar-refractivity contribution in [2.24, 2.45) is 0 Å². The van der Waals surface area contributed by atoms with Gasteiger partial charge in [0.25, 0.3) is 5.91 Å². The van der Waals surface area contributed by atoms with E-state index >= 15 is 0 Å². The van der Waals surface area contributed by atoms with Gasteiger partial charge in [-0.2, -0.15) is 0 Å². The van der Waals surface area contributed by atoms with E-state index in [1.165, 1.54) is 17.8 Å². The molecule has 3 heterocycles. The number of aromatic nitrogens is 1. The summed E-state index contributed by atoms with van der Waals surface area (Å²) in [6.07, 6.45) is 8.31. The largest absolute Gasteiger partial charge is 0.307 e. The van der Waals surface area contributed by atoms with E-state index in [4.69, 9.17) is 0 Å². The summed E-state index contributed by atoms with van der Waals surface area (Å²) in [5.74, 6) is 0.383. The summed E-state index contributed by atoms with van der Waals surface area (Å²) in [5, 5.41) is 0.709. The quantitative estimate of drug-likeness (QED) is 0.429. The minimum Gasteiger partial charge on any atom is -0.307 e. The number of amides is 1. The van der Waals surface area contributed by atoms with E-state index in [1.54, 1.807) is 30.5 Å². The zero-order valence-electron chi connectivity index (χ0n) is 19.0. The fourth-order valence-corrected chi connectivity index (χ4v) is 4.97. The molecule has 2 aliphatic heterocycles. The summed E-state index contributed by atoms with van der Waals surface area (Å²) in [6, 6.07) is 8.44. The van der Waals surface area contributed by atoms with E-state index in [0.29, 0.717) is 22.9 Å². The van der Waals surface area contributed by atoms with Gasteiger partial charge < -0.3 is 9.80 Å². The third-order valence-electron chi connectivity index (χ3n) is 6.10. The first kappa shape index (κ1) is 24.2. The van der Waals surface area contributed by atoms with Crippen LogP contribution in [0.5, 0.6) is 0 Å². The van der Waals surface area contributed by atoms with Crippen LogP contribution in [0.3, 0.4) is 0 Å². The Morgan fingerprint density at radius 1 is 1.25 bits per heavy atom. The Bertz CT molecular complexity index is 969. The van der Waals surface area contributed by atoms with Gasteiger partial charge in [-0.25, -0.2) is 9.37 Å². The Morgan fingerprint density at radius 3 is 2.62 bits per heavy atom. The van der Waals surface area contributed by atoms with E-state index < -0.39 is 0 Å². The number of thioether (sulfide) groups is 1. The van der Waals surface area contributed by atoms with Crippen LogP contribution in [0.2, 0.25) is 0 Å². The van der Waals surface area contributed by atoms with Crippen molar-refractivity contribution in [3.8, 4) is 0 Å². The Kier molecular flexibility index (Phi) is 8.26. The monoisotopic (exact) mass is 453 g/mol. The second kappa shape index (κ2) is 10.9. The smallest absolute Gasteiger partial charge is 0.261 e. The number of carbonyl (C=O) groups excluding carboxylic acids is 1. The topological polar surface area (TPSA) is 36.4 Å². The number of carbonyl (C=O) groups is 1. The molecule has 6 heteroatoms. The van der Waals surface area contributed by atoms with Crippen molar-refractivity contribution in [3.05, 3.63) is 78.8 Å². The zero-order chi connectivity index (χ0) is 23.1. The van der Waals surface area contributed by atoms with Crippen molar-refractivity contribution in [2.45, 2.75) is 36.6 Å². The molecule has 0 N–H and O–H groups in total. The molecule has 0 bridgehead atoms. The van der Waals surface area contributed by atoms with Gasteiger partial charge in [-0.15, -0.1) is 24.9 Å². The first-order valence-corrected chi connectivity index (χ1v) is 12.0. The van der Waals surface area contributed by atoms with E-state index in [9.17, 15) is 9.18 Å². The Hall–Kier alpha value is -2.44. The lowest BCUT2D eigenvalue weighted by atomic mass is 9.74. The third-order valence-corrected chi connectivity index (χ3v) is 7.10. The molecule has 0 atom stereocenters. The molecule has 0 saturated carbocycles. The van der Waals surface area contributed by atoms with Crippen LogP contribution >= 0.6 is 11.8 Å². The van der Waals surface area contributed by atoms with Crippen LogP contribution in [0, 0.1) is 5.82 Å². The van der Waals surface area contributed by atoms with Gasteiger partial charge in [-0.05, 0) is 75.3 Å². The number of rotatable bonds is 5. The number of hydrogen-bond donors (Lipinski definition) is 0. The molecule has 1 aromatic heterocycles. The third kappa shape index (κ3) is 5.13. The minimum atomic E-state index is -0.241. The molecular formula is C26H32FN3OS. The predicted octanol–water partition coefficient (Wildman–Crippen LogP) is 5.71. The van der Waals surface area contributed by atoms with Crippen molar-refractivity contribution >= 4 is 23.4 Å². The average molecular weight is 454 g/mol. The Balaban J connectivity index is 0.000000668. The van der Waals surface area contributed by atoms with Crippen molar-refractivity contribution < 1.29 is 9.18 Å². The maximum absolute atomic E-state index is 14.1. The van der Waals surface area contributed by atoms with Gasteiger partial charge in [0.15, 0.2) is 0 Å². The van der Waals surface area contributed by atoms with E-state index in [2.05, 4.69) is 37.0 Å². The molecule has 1 aromatic carbocycles. The lowest BCUT2D eigenvalue weighted by Gasteiger charge is -2.38. The molecule has 32 heavy (non-hydrogen) atoms. The summed E-state index contributed by atoms with van der Waals surface area (Å²) in [4.78, 5) is 22.0. The zero-order valence-corrected chi connectivity index (χ0v) is 19.8. The number of hydrogen-bond acceptors (Lipinski definition) is 4. The number of halogens is 1. The second-order valence-corrected chi connectivity index (χ2v) is 9.30. The number of nitrogens with zero attached hydrogens (tertiary/aromatic N) is 3. The summed E-state index contributed by atoms with van der Waals surface area (Å²) in [6.45, 7) is 11.8. The Morgan fingerprint density at radius 2 is 1.97 bits per heavy atom. The highest BCUT2D eigenvalue weighted by Crippen LogP contribution is 2.47. The summed E-state index contributed by atoms with van der Waals surface area (Å²) >= 11 is 1.50. The lowest BCUT2D eigenvalue weighted by molar-refractivity contribution is 0.0975. The highest BCUT2D eigenvalue weighted by Gasteiger charge is 2.46. The van der Waals surface area contributed by atoms with Crippen LogP contribution in [0.4, 0.5) is 10.1 Å². The number of allylic oxidation sites excluding steroid dienone is 1. The highest BCUT2D eigenvalue weighted by atomic mass is 32.2. The average Bonchev–Trinajstić information content (AvgIpc) is 3.13. The molecule has 0 radical (unpaired) electrons. The molecule has 170 valence electrons. The van der Waals surface area contributed by atoms with Gasteiger partial charge in [0.2, 0.25) is 0 Å². The van der Waals surface area contributed by atoms with Crippen LogP contribution < -0.4 is 4.90 Å². The van der Waals surface area contributed by atoms with Gasteiger partial charge in [-0.3, -0.25) is 4.79 Å². The van der Waals surface area contributed by atoms with Gasteiger partial charge in [0.1, 0.15) is 10.8 Å². The SMILES string of the molecule is C=CCC.C=CCSc1ncccc1C(=O)N1CC2(CCN(C)CC2)c2cc(F)ccc21. The van der Waals surface area contributed by atoms with Crippen LogP contribution in [-0.4, -0.2) is 48.2 Å². The number of pyridine rings is 1. The number of piperidine rings is 1. The molecule has 1 saturated heterocycles. The number of anilines is 1. The van der Waals surface area contributed by atoms with Gasteiger partial charge in [0, 0.05) is 29.6 Å². The highest BCUT2D eigenvalue weighted by molar-refractivity contribution is 7.99. The number of fused-ring (bicyclic) bond motifs is 2. The fraction of sp³-hybridized carbons (Fsp3) is 0.385. The molecule has 4 nitrogen and oxygen atoms in total. The number of benzene rings is 1. The molecule has 0 unspecified atom stereocenters. The first-order valence-electron chi connectivity index (χ1n) is 11.1. The van der Waals surface area contributed by atoms with Crippen LogP contribution in [-0.2, 0) is 5.41 Å². The van der Waals surface area contributed by atoms with Crippen LogP contribution in [0.15, 0.2) is 66.9 Å². The van der Waals surface area contributed by atoms with Crippen molar-refractivity contribution in [2.75, 3.05) is 37.3 Å². The summed E-state index contributed by atoms with van der Waals surface area (Å²) in [7, 11) is 2.11. The minimum absolute atomic E-state index is 0.0664. The molecule has 4 rings (SSSR count). The molecular weight excluding hydrogens is 421 g/mol. The molecule has 0 aliphatic carbocycles. The van der Waals surface area contributed by atoms with Gasteiger partial charge in [-0.1, -0.05) is 19.1 Å². The van der Waals surface area contributed by atoms with Crippen LogP contribution in [0.1, 0.15) is 42.1 Å². The van der Waals surface area contributed by atoms with Gasteiger partial charge >= 0.3 is 0 Å². The molecule has 1 fully saturated rings. The van der Waals surface area contributed by atoms with Crippen LogP contribution in [0.25, 0.3) is 0 Å². The maximum Gasteiger partial charge on any atom is 0.261 e. The van der Waals surface area contributed by atoms with Gasteiger partial charge in [0.05, 0.1) is 5.56 Å². The first-order chi connectivity index (χ1) is 15.5.